The molecule has 0 saturated heterocycles. The number of pyridine rings is 1. The minimum absolute atomic E-state index is 0.0150. The second-order valence-corrected chi connectivity index (χ2v) is 7.52. The molecule has 0 spiro atoms. The van der Waals surface area contributed by atoms with Crippen molar-refractivity contribution in [1.82, 2.24) is 9.88 Å². The molecule has 0 atom stereocenters. The number of halogens is 8. The van der Waals surface area contributed by atoms with E-state index in [4.69, 9.17) is 11.6 Å². The van der Waals surface area contributed by atoms with Crippen molar-refractivity contribution in [3.63, 3.8) is 0 Å². The number of amides is 1. The molecule has 1 amide bonds. The van der Waals surface area contributed by atoms with Gasteiger partial charge in [-0.25, -0.2) is 9.37 Å². The molecule has 0 aliphatic heterocycles. The van der Waals surface area contributed by atoms with Crippen molar-refractivity contribution in [1.29, 1.82) is 0 Å². The molecule has 0 fully saturated rings. The zero-order valence-corrected chi connectivity index (χ0v) is 17.5. The van der Waals surface area contributed by atoms with Crippen molar-refractivity contribution >= 4 is 17.5 Å². The number of rotatable bonds is 4. The van der Waals surface area contributed by atoms with E-state index in [-0.39, 0.29) is 27.9 Å². The number of aromatic nitrogens is 1. The van der Waals surface area contributed by atoms with Crippen LogP contribution >= 0.6 is 11.6 Å². The van der Waals surface area contributed by atoms with Crippen LogP contribution in [-0.2, 0) is 18.9 Å². The fraction of sp³-hybridized carbons (Fsp3) is 0.182. The van der Waals surface area contributed by atoms with Crippen LogP contribution in [0.1, 0.15) is 27.0 Å². The third-order valence-electron chi connectivity index (χ3n) is 4.67. The van der Waals surface area contributed by atoms with Crippen LogP contribution < -0.4 is 0 Å². The monoisotopic (exact) mass is 490 g/mol. The number of hydrogen-bond acceptors (Lipinski definition) is 2. The summed E-state index contributed by atoms with van der Waals surface area (Å²) in [5.74, 6) is -1.25. The van der Waals surface area contributed by atoms with E-state index in [1.165, 1.54) is 25.2 Å². The predicted molar refractivity (Wildman–Crippen MR) is 107 cm³/mol. The Labute approximate surface area is 188 Å². The summed E-state index contributed by atoms with van der Waals surface area (Å²) in [7, 11) is 1.22. The maximum Gasteiger partial charge on any atom is 0.416 e. The van der Waals surface area contributed by atoms with Crippen molar-refractivity contribution < 1.29 is 35.5 Å². The van der Waals surface area contributed by atoms with Gasteiger partial charge in [0, 0.05) is 19.8 Å². The molecule has 33 heavy (non-hydrogen) atoms. The van der Waals surface area contributed by atoms with E-state index in [9.17, 15) is 35.5 Å². The second-order valence-electron chi connectivity index (χ2n) is 7.13. The lowest BCUT2D eigenvalue weighted by Crippen LogP contribution is -2.27. The Bertz CT molecular complexity index is 1140. The van der Waals surface area contributed by atoms with Crippen LogP contribution in [0.4, 0.5) is 30.7 Å². The van der Waals surface area contributed by atoms with Gasteiger partial charge >= 0.3 is 12.4 Å². The zero-order chi connectivity index (χ0) is 24.6. The Morgan fingerprint density at radius 2 is 1.48 bits per heavy atom. The first-order chi connectivity index (χ1) is 15.3. The van der Waals surface area contributed by atoms with Gasteiger partial charge in [-0.05, 0) is 53.1 Å². The first-order valence-corrected chi connectivity index (χ1v) is 9.59. The maximum absolute atomic E-state index is 13.3. The molecule has 3 aromatic rings. The predicted octanol–water partition coefficient (Wildman–Crippen LogP) is 6.85. The van der Waals surface area contributed by atoms with E-state index in [0.717, 1.165) is 23.2 Å². The smallest absolute Gasteiger partial charge is 0.337 e. The normalized spacial score (nSPS) is 12.0. The molecule has 0 saturated carbocycles. The molecule has 0 aliphatic carbocycles. The first kappa shape index (κ1) is 24.5. The van der Waals surface area contributed by atoms with Crippen molar-refractivity contribution in [2.45, 2.75) is 18.9 Å². The van der Waals surface area contributed by atoms with E-state index in [2.05, 4.69) is 4.98 Å². The van der Waals surface area contributed by atoms with Gasteiger partial charge in [0.25, 0.3) is 5.91 Å². The average molecular weight is 491 g/mol. The van der Waals surface area contributed by atoms with Gasteiger partial charge in [0.05, 0.1) is 16.7 Å². The van der Waals surface area contributed by atoms with Crippen LogP contribution in [0, 0.1) is 5.82 Å². The topological polar surface area (TPSA) is 33.2 Å². The Hall–Kier alpha value is -3.14. The average Bonchev–Trinajstić information content (AvgIpc) is 2.72. The molecule has 0 bridgehead atoms. The largest absolute Gasteiger partial charge is 0.416 e. The Balaban J connectivity index is 1.97. The summed E-state index contributed by atoms with van der Waals surface area (Å²) in [6, 6.07) is 7.56. The highest BCUT2D eigenvalue weighted by molar-refractivity contribution is 6.29. The molecule has 1 aromatic heterocycles. The molecule has 2 aromatic carbocycles. The van der Waals surface area contributed by atoms with Gasteiger partial charge in [-0.1, -0.05) is 23.7 Å². The summed E-state index contributed by atoms with van der Waals surface area (Å²) in [5, 5.41) is 0.0289. The molecular weight excluding hydrogens is 477 g/mol. The minimum atomic E-state index is -5.01. The van der Waals surface area contributed by atoms with Crippen molar-refractivity contribution in [2.24, 2.45) is 0 Å². The first-order valence-electron chi connectivity index (χ1n) is 9.21. The fourth-order valence-electron chi connectivity index (χ4n) is 3.13. The summed E-state index contributed by atoms with van der Waals surface area (Å²) in [6.45, 7) is -0.544. The minimum Gasteiger partial charge on any atom is -0.337 e. The highest BCUT2D eigenvalue weighted by Gasteiger charge is 2.37. The molecular formula is C22H14ClF7N2O. The lowest BCUT2D eigenvalue weighted by Gasteiger charge is -2.21. The quantitative estimate of drug-likeness (QED) is 0.296. The number of benzene rings is 2. The highest BCUT2D eigenvalue weighted by Crippen LogP contribution is 2.36. The summed E-state index contributed by atoms with van der Waals surface area (Å²) in [4.78, 5) is 17.8. The van der Waals surface area contributed by atoms with Crippen molar-refractivity contribution in [3.05, 3.63) is 88.0 Å². The molecule has 1 heterocycles. The van der Waals surface area contributed by atoms with Crippen LogP contribution in [0.2, 0.25) is 5.15 Å². The SMILES string of the molecule is CN(Cc1cc(C(F)(F)F)cc(C(F)(F)F)c1)C(=O)c1cnc(Cl)cc1-c1ccc(F)cc1. The Morgan fingerprint density at radius 3 is 2.00 bits per heavy atom. The fourth-order valence-corrected chi connectivity index (χ4v) is 3.29. The van der Waals surface area contributed by atoms with E-state index < -0.39 is 41.7 Å². The summed E-state index contributed by atoms with van der Waals surface area (Å²) in [5.41, 5.74) is -2.65. The number of carbonyl (C=O) groups excluding carboxylic acids is 1. The van der Waals surface area contributed by atoms with Gasteiger partial charge in [-0.2, -0.15) is 26.3 Å². The summed E-state index contributed by atoms with van der Waals surface area (Å²) in [6.07, 6.45) is -8.88. The molecule has 3 nitrogen and oxygen atoms in total. The number of carbonyl (C=O) groups is 1. The molecule has 11 heteroatoms. The third kappa shape index (κ3) is 5.81. The zero-order valence-electron chi connectivity index (χ0n) is 16.7. The Kier molecular flexibility index (Phi) is 6.69. The van der Waals surface area contributed by atoms with E-state index in [1.807, 2.05) is 0 Å². The Morgan fingerprint density at radius 1 is 0.939 bits per heavy atom. The molecule has 0 N–H and O–H groups in total. The molecule has 0 radical (unpaired) electrons. The van der Waals surface area contributed by atoms with Gasteiger partial charge < -0.3 is 4.90 Å². The van der Waals surface area contributed by atoms with Crippen LogP contribution in [0.15, 0.2) is 54.7 Å². The van der Waals surface area contributed by atoms with Crippen LogP contribution in [0.25, 0.3) is 11.1 Å². The third-order valence-corrected chi connectivity index (χ3v) is 4.88. The van der Waals surface area contributed by atoms with E-state index in [1.54, 1.807) is 0 Å². The second kappa shape index (κ2) is 9.01. The van der Waals surface area contributed by atoms with E-state index >= 15 is 0 Å². The van der Waals surface area contributed by atoms with Crippen LogP contribution in [0.5, 0.6) is 0 Å². The number of nitrogens with zero attached hydrogens (tertiary/aromatic N) is 2. The molecule has 0 aliphatic rings. The van der Waals surface area contributed by atoms with Gasteiger partial charge in [-0.15, -0.1) is 0 Å². The van der Waals surface area contributed by atoms with Crippen LogP contribution in [0.3, 0.4) is 0 Å². The van der Waals surface area contributed by atoms with Gasteiger partial charge in [-0.3, -0.25) is 4.79 Å². The van der Waals surface area contributed by atoms with Crippen molar-refractivity contribution in [2.75, 3.05) is 7.05 Å². The summed E-state index contributed by atoms with van der Waals surface area (Å²) >= 11 is 5.91. The van der Waals surface area contributed by atoms with Gasteiger partial charge in [0.1, 0.15) is 11.0 Å². The summed E-state index contributed by atoms with van der Waals surface area (Å²) < 4.78 is 91.9. The number of alkyl halides is 6. The van der Waals surface area contributed by atoms with Gasteiger partial charge in [0.15, 0.2) is 0 Å². The molecule has 0 unspecified atom stereocenters. The lowest BCUT2D eigenvalue weighted by atomic mass is 10.0. The van der Waals surface area contributed by atoms with Gasteiger partial charge in [0.2, 0.25) is 0 Å². The van der Waals surface area contributed by atoms with Crippen LogP contribution in [-0.4, -0.2) is 22.8 Å². The standard InChI is InChI=1S/C22H14ClF7N2O/c1-32(11-12-6-14(21(25,26)27)8-15(7-12)22(28,29)30)20(33)18-10-31-19(23)9-17(18)13-2-4-16(24)5-3-13/h2-10H,11H2,1H3. The lowest BCUT2D eigenvalue weighted by molar-refractivity contribution is -0.143. The van der Waals surface area contributed by atoms with Crippen molar-refractivity contribution in [3.8, 4) is 11.1 Å². The molecule has 174 valence electrons. The number of hydrogen-bond donors (Lipinski definition) is 0. The highest BCUT2D eigenvalue weighted by atomic mass is 35.5. The van der Waals surface area contributed by atoms with E-state index in [0.29, 0.717) is 17.7 Å². The molecule has 3 rings (SSSR count). The maximum atomic E-state index is 13.3.